The maximum Gasteiger partial charge on any atom is 0.351 e. The maximum absolute atomic E-state index is 11.4. The van der Waals surface area contributed by atoms with Crippen LogP contribution in [0.25, 0.3) is 0 Å². The van der Waals surface area contributed by atoms with E-state index < -0.39 is 18.1 Å². The van der Waals surface area contributed by atoms with Gasteiger partial charge in [0.2, 0.25) is 0 Å². The van der Waals surface area contributed by atoms with Gasteiger partial charge < -0.3 is 15.7 Å². The minimum atomic E-state index is -0.446. The zero-order valence-corrected chi connectivity index (χ0v) is 7.96. The predicted octanol–water partition coefficient (Wildman–Crippen LogP) is -0.561. The number of nitrogens with one attached hydrogen (secondary N) is 1. The van der Waals surface area contributed by atoms with Gasteiger partial charge in [-0.2, -0.15) is 10.5 Å². The van der Waals surface area contributed by atoms with Gasteiger partial charge in [-0.1, -0.05) is 0 Å². The fraction of sp³-hybridized carbons (Fsp3) is 0.500. The van der Waals surface area contributed by atoms with Crippen molar-refractivity contribution in [3.8, 4) is 0 Å². The summed E-state index contributed by atoms with van der Waals surface area (Å²) in [6, 6.07) is 1.53. The Morgan fingerprint density at radius 1 is 1.67 bits per heavy atom. The minimum absolute atomic E-state index is 0.186. The highest BCUT2D eigenvalue weighted by atomic mass is 16.6. The second kappa shape index (κ2) is 3.97. The lowest BCUT2D eigenvalue weighted by atomic mass is 10.3. The molecule has 0 amide bonds. The van der Waals surface area contributed by atoms with Gasteiger partial charge in [0.1, 0.15) is 18.3 Å². The zero-order chi connectivity index (χ0) is 10.8. The highest BCUT2D eigenvalue weighted by molar-refractivity contribution is 5.23. The van der Waals surface area contributed by atoms with Gasteiger partial charge in [-0.25, -0.2) is 4.79 Å². The van der Waals surface area contributed by atoms with Crippen molar-refractivity contribution in [1.29, 1.82) is 0 Å². The number of nitrogen functional groups attached to an aromatic ring is 1. The predicted molar refractivity (Wildman–Crippen MR) is 51.0 cm³/mol. The van der Waals surface area contributed by atoms with Crippen molar-refractivity contribution in [1.82, 2.24) is 15.0 Å². The van der Waals surface area contributed by atoms with Gasteiger partial charge in [0, 0.05) is 6.20 Å². The number of nitrogens with zero attached hydrogens (tertiary/aromatic N) is 2. The molecule has 0 spiro atoms. The topological polar surface area (TPSA) is 102 Å². The zero-order valence-electron chi connectivity index (χ0n) is 7.96. The van der Waals surface area contributed by atoms with Crippen LogP contribution in [-0.4, -0.2) is 21.0 Å². The number of aromatic nitrogens is 2. The number of nitrogens with two attached hydrogens (primary N) is 1. The largest absolute Gasteiger partial charge is 0.383 e. The lowest BCUT2D eigenvalue weighted by molar-refractivity contribution is -0.0723. The van der Waals surface area contributed by atoms with Crippen LogP contribution in [0.2, 0.25) is 0 Å². The second-order valence-electron chi connectivity index (χ2n) is 3.33. The first-order valence-corrected chi connectivity index (χ1v) is 4.60. The molecule has 0 unspecified atom stereocenters. The van der Waals surface area contributed by atoms with Gasteiger partial charge in [-0.15, -0.1) is 0 Å². The van der Waals surface area contributed by atoms with E-state index in [0.29, 0.717) is 12.8 Å². The third kappa shape index (κ3) is 1.99. The maximum atomic E-state index is 11.4. The second-order valence-corrected chi connectivity index (χ2v) is 3.33. The molecule has 1 fully saturated rings. The summed E-state index contributed by atoms with van der Waals surface area (Å²) in [4.78, 5) is 15.0. The molecular formula is C8H12N4O3. The molecule has 0 bridgehead atoms. The molecule has 2 rings (SSSR count). The summed E-state index contributed by atoms with van der Waals surface area (Å²) >= 11 is 0. The van der Waals surface area contributed by atoms with Crippen LogP contribution in [0.15, 0.2) is 17.1 Å². The van der Waals surface area contributed by atoms with E-state index in [0.717, 1.165) is 0 Å². The van der Waals surface area contributed by atoms with Gasteiger partial charge in [0.25, 0.3) is 0 Å². The van der Waals surface area contributed by atoms with E-state index >= 15 is 0 Å². The molecule has 0 aliphatic carbocycles. The Kier molecular flexibility index (Phi) is 2.67. The van der Waals surface area contributed by atoms with Crippen LogP contribution in [0.1, 0.15) is 19.1 Å². The van der Waals surface area contributed by atoms with E-state index in [1.54, 1.807) is 0 Å². The van der Waals surface area contributed by atoms with Gasteiger partial charge in [0.15, 0.2) is 0 Å². The summed E-state index contributed by atoms with van der Waals surface area (Å²) in [5, 5.41) is 8.65. The van der Waals surface area contributed by atoms with Gasteiger partial charge in [-0.05, 0) is 18.9 Å². The molecule has 1 aromatic heterocycles. The molecule has 82 valence electrons. The van der Waals surface area contributed by atoms with Crippen LogP contribution >= 0.6 is 0 Å². The van der Waals surface area contributed by atoms with Gasteiger partial charge >= 0.3 is 5.69 Å². The Morgan fingerprint density at radius 2 is 2.47 bits per heavy atom. The molecule has 0 radical (unpaired) electrons. The first-order valence-electron chi connectivity index (χ1n) is 4.60. The average molecular weight is 212 g/mol. The molecule has 1 aromatic rings. The van der Waals surface area contributed by atoms with Crippen LogP contribution in [0.5, 0.6) is 0 Å². The Morgan fingerprint density at radius 3 is 3.07 bits per heavy atom. The Labute approximate surface area is 85.4 Å². The molecule has 1 aliphatic heterocycles. The number of hydrogen-bond acceptors (Lipinski definition) is 6. The van der Waals surface area contributed by atoms with E-state index in [9.17, 15) is 4.79 Å². The number of hydroxylamine groups is 1. The third-order valence-electron chi connectivity index (χ3n) is 2.30. The Hall–Kier alpha value is -1.44. The molecule has 2 heterocycles. The van der Waals surface area contributed by atoms with Crippen molar-refractivity contribution < 1.29 is 9.94 Å². The van der Waals surface area contributed by atoms with E-state index in [2.05, 4.69) is 4.98 Å². The Balaban J connectivity index is 2.20. The first kappa shape index (κ1) is 10.1. The molecule has 1 saturated heterocycles. The van der Waals surface area contributed by atoms with E-state index in [-0.39, 0.29) is 5.82 Å². The third-order valence-corrected chi connectivity index (χ3v) is 2.30. The molecule has 4 N–H and O–H groups in total. The highest BCUT2D eigenvalue weighted by Crippen LogP contribution is 2.25. The number of rotatable bonds is 2. The van der Waals surface area contributed by atoms with Crippen molar-refractivity contribution in [2.24, 2.45) is 0 Å². The average Bonchev–Trinajstić information content (AvgIpc) is 2.66. The Bertz CT molecular complexity index is 405. The summed E-state index contributed by atoms with van der Waals surface area (Å²) in [6.07, 6.45) is 1.99. The van der Waals surface area contributed by atoms with E-state index in [4.69, 9.17) is 15.7 Å². The molecule has 1 aliphatic rings. The van der Waals surface area contributed by atoms with Crippen molar-refractivity contribution in [2.45, 2.75) is 25.3 Å². The SMILES string of the molecule is Nc1ccn([C@H]2CC[C@@H](NO)O2)c(=O)n1. The van der Waals surface area contributed by atoms with Gasteiger partial charge in [-0.3, -0.25) is 4.57 Å². The summed E-state index contributed by atoms with van der Waals surface area (Å²) in [5.74, 6) is 0.186. The quantitative estimate of drug-likeness (QED) is 0.568. The normalized spacial score (nSPS) is 25.7. The van der Waals surface area contributed by atoms with Crippen LogP contribution < -0.4 is 16.9 Å². The minimum Gasteiger partial charge on any atom is -0.383 e. The summed E-state index contributed by atoms with van der Waals surface area (Å²) < 4.78 is 6.69. The number of hydrogen-bond donors (Lipinski definition) is 3. The fourth-order valence-electron chi connectivity index (χ4n) is 1.56. The molecule has 0 aromatic carbocycles. The molecule has 15 heavy (non-hydrogen) atoms. The van der Waals surface area contributed by atoms with Crippen molar-refractivity contribution in [2.75, 3.05) is 5.73 Å². The van der Waals surface area contributed by atoms with Crippen LogP contribution in [0.4, 0.5) is 5.82 Å². The summed E-state index contributed by atoms with van der Waals surface area (Å²) in [6.45, 7) is 0. The van der Waals surface area contributed by atoms with Gasteiger partial charge in [0.05, 0.1) is 0 Å². The van der Waals surface area contributed by atoms with Crippen LogP contribution in [0, 0.1) is 0 Å². The first-order chi connectivity index (χ1) is 7.20. The number of ether oxygens (including phenoxy) is 1. The molecule has 7 nitrogen and oxygen atoms in total. The molecule has 0 saturated carbocycles. The molecule has 7 heteroatoms. The monoisotopic (exact) mass is 212 g/mol. The summed E-state index contributed by atoms with van der Waals surface area (Å²) in [7, 11) is 0. The highest BCUT2D eigenvalue weighted by Gasteiger charge is 2.26. The van der Waals surface area contributed by atoms with Crippen molar-refractivity contribution >= 4 is 5.82 Å². The van der Waals surface area contributed by atoms with E-state index in [1.807, 2.05) is 5.48 Å². The lowest BCUT2D eigenvalue weighted by Gasteiger charge is -2.14. The molecular weight excluding hydrogens is 200 g/mol. The van der Waals surface area contributed by atoms with Crippen LogP contribution in [-0.2, 0) is 4.74 Å². The van der Waals surface area contributed by atoms with Crippen molar-refractivity contribution in [3.63, 3.8) is 0 Å². The lowest BCUT2D eigenvalue weighted by Crippen LogP contribution is -2.30. The standard InChI is InChI=1S/C8H12N4O3/c9-5-3-4-12(8(13)10-5)7-2-1-6(11-14)15-7/h3-4,6-7,11,14H,1-2H2,(H2,9,10,13)/t6-,7+/m0/s1. The van der Waals surface area contributed by atoms with E-state index in [1.165, 1.54) is 16.8 Å². The fourth-order valence-corrected chi connectivity index (χ4v) is 1.56. The van der Waals surface area contributed by atoms with Crippen LogP contribution in [0.3, 0.4) is 0 Å². The van der Waals surface area contributed by atoms with Crippen molar-refractivity contribution in [3.05, 3.63) is 22.7 Å². The summed E-state index contributed by atoms with van der Waals surface area (Å²) in [5.41, 5.74) is 6.93. The number of anilines is 1. The smallest absolute Gasteiger partial charge is 0.351 e. The molecule has 2 atom stereocenters.